The highest BCUT2D eigenvalue weighted by Gasteiger charge is 2.14. The van der Waals surface area contributed by atoms with Crippen molar-refractivity contribution in [3.05, 3.63) is 62.0 Å². The second-order valence-corrected chi connectivity index (χ2v) is 6.55. The Balaban J connectivity index is 2.29. The molecule has 2 aromatic rings. The van der Waals surface area contributed by atoms with Gasteiger partial charge in [-0.2, -0.15) is 0 Å². The minimum Gasteiger partial charge on any atom is -0.496 e. The van der Waals surface area contributed by atoms with Crippen LogP contribution < -0.4 is 10.5 Å². The molecule has 0 aliphatic rings. The number of hydrogen-bond acceptors (Lipinski definition) is 2. The van der Waals surface area contributed by atoms with Crippen LogP contribution in [0.3, 0.4) is 0 Å². The molecule has 0 spiro atoms. The summed E-state index contributed by atoms with van der Waals surface area (Å²) >= 11 is 7.04. The van der Waals surface area contributed by atoms with Crippen molar-refractivity contribution in [3.63, 3.8) is 0 Å². The number of rotatable bonds is 4. The highest BCUT2D eigenvalue weighted by Crippen LogP contribution is 2.32. The van der Waals surface area contributed by atoms with Gasteiger partial charge >= 0.3 is 0 Å². The van der Waals surface area contributed by atoms with E-state index < -0.39 is 0 Å². The maximum absolute atomic E-state index is 6.36. The minimum atomic E-state index is -0.101. The molecule has 0 radical (unpaired) electrons. The zero-order valence-corrected chi connectivity index (χ0v) is 14.7. The van der Waals surface area contributed by atoms with Crippen molar-refractivity contribution in [3.8, 4) is 5.75 Å². The fraction of sp³-hybridized carbons (Fsp3) is 0.250. The van der Waals surface area contributed by atoms with Crippen LogP contribution in [0.15, 0.2) is 45.3 Å². The predicted octanol–water partition coefficient (Wildman–Crippen LogP) is 4.77. The van der Waals surface area contributed by atoms with Crippen LogP contribution in [0.25, 0.3) is 0 Å². The summed E-state index contributed by atoms with van der Waals surface area (Å²) in [7, 11) is 1.68. The molecule has 2 N–H and O–H groups in total. The molecule has 2 nitrogen and oxygen atoms in total. The first-order valence-corrected chi connectivity index (χ1v) is 7.94. The van der Waals surface area contributed by atoms with E-state index in [2.05, 4.69) is 50.1 Å². The van der Waals surface area contributed by atoms with Crippen molar-refractivity contribution in [2.24, 2.45) is 5.73 Å². The normalized spacial score (nSPS) is 12.2. The van der Waals surface area contributed by atoms with Crippen LogP contribution in [0.1, 0.15) is 22.7 Å². The second-order valence-electron chi connectivity index (χ2n) is 4.78. The molecule has 2 aromatic carbocycles. The summed E-state index contributed by atoms with van der Waals surface area (Å²) in [4.78, 5) is 0. The SMILES string of the molecule is COc1cc(C)c(Br)cc1C(N)Cc1cccc(Br)c1. The number of hydrogen-bond donors (Lipinski definition) is 1. The maximum Gasteiger partial charge on any atom is 0.123 e. The van der Waals surface area contributed by atoms with Crippen molar-refractivity contribution in [1.82, 2.24) is 0 Å². The van der Waals surface area contributed by atoms with Crippen molar-refractivity contribution in [1.29, 1.82) is 0 Å². The first-order chi connectivity index (χ1) is 9.51. The van der Waals surface area contributed by atoms with E-state index >= 15 is 0 Å². The van der Waals surface area contributed by atoms with E-state index in [1.165, 1.54) is 5.56 Å². The zero-order valence-electron chi connectivity index (χ0n) is 11.5. The molecule has 0 saturated heterocycles. The molecule has 0 bridgehead atoms. The van der Waals surface area contributed by atoms with Gasteiger partial charge in [-0.3, -0.25) is 0 Å². The third-order valence-electron chi connectivity index (χ3n) is 3.26. The molecule has 0 amide bonds. The molecule has 2 rings (SSSR count). The van der Waals surface area contributed by atoms with Crippen molar-refractivity contribution < 1.29 is 4.74 Å². The van der Waals surface area contributed by atoms with E-state index in [4.69, 9.17) is 10.5 Å². The van der Waals surface area contributed by atoms with E-state index in [0.717, 1.165) is 32.2 Å². The molecule has 106 valence electrons. The van der Waals surface area contributed by atoms with E-state index in [0.29, 0.717) is 0 Å². The highest BCUT2D eigenvalue weighted by molar-refractivity contribution is 9.10. The lowest BCUT2D eigenvalue weighted by Gasteiger charge is -2.17. The first-order valence-electron chi connectivity index (χ1n) is 6.35. The van der Waals surface area contributed by atoms with E-state index in [9.17, 15) is 0 Å². The molecule has 0 aromatic heterocycles. The molecule has 4 heteroatoms. The Bertz CT molecular complexity index is 613. The van der Waals surface area contributed by atoms with Gasteiger partial charge in [0.15, 0.2) is 0 Å². The van der Waals surface area contributed by atoms with Gasteiger partial charge in [-0.1, -0.05) is 44.0 Å². The first kappa shape index (κ1) is 15.5. The predicted molar refractivity (Wildman–Crippen MR) is 90.2 cm³/mol. The molecule has 1 atom stereocenters. The van der Waals surface area contributed by atoms with Crippen LogP contribution in [0.2, 0.25) is 0 Å². The van der Waals surface area contributed by atoms with Gasteiger partial charge in [0.1, 0.15) is 5.75 Å². The number of nitrogens with two attached hydrogens (primary N) is 1. The Morgan fingerprint density at radius 3 is 2.60 bits per heavy atom. The molecule has 0 heterocycles. The van der Waals surface area contributed by atoms with Crippen molar-refractivity contribution >= 4 is 31.9 Å². The summed E-state index contributed by atoms with van der Waals surface area (Å²) in [5.41, 5.74) is 9.71. The van der Waals surface area contributed by atoms with Crippen LogP contribution in [-0.4, -0.2) is 7.11 Å². The van der Waals surface area contributed by atoms with Gasteiger partial charge in [-0.15, -0.1) is 0 Å². The maximum atomic E-state index is 6.36. The van der Waals surface area contributed by atoms with Gasteiger partial charge in [0, 0.05) is 20.6 Å². The Morgan fingerprint density at radius 1 is 1.20 bits per heavy atom. The van der Waals surface area contributed by atoms with Crippen LogP contribution >= 0.6 is 31.9 Å². The van der Waals surface area contributed by atoms with Crippen molar-refractivity contribution in [2.45, 2.75) is 19.4 Å². The third kappa shape index (κ3) is 3.62. The van der Waals surface area contributed by atoms with Gasteiger partial charge in [0.25, 0.3) is 0 Å². The number of halogens is 2. The molecular weight excluding hydrogens is 382 g/mol. The summed E-state index contributed by atoms with van der Waals surface area (Å²) in [6.45, 7) is 2.04. The Kier molecular flexibility index (Phi) is 5.24. The highest BCUT2D eigenvalue weighted by atomic mass is 79.9. The van der Waals surface area contributed by atoms with Crippen LogP contribution in [0.5, 0.6) is 5.75 Å². The summed E-state index contributed by atoms with van der Waals surface area (Å²) in [6.07, 6.45) is 0.769. The minimum absolute atomic E-state index is 0.101. The number of benzene rings is 2. The third-order valence-corrected chi connectivity index (χ3v) is 4.60. The quantitative estimate of drug-likeness (QED) is 0.804. The van der Waals surface area contributed by atoms with Gasteiger partial charge in [-0.25, -0.2) is 0 Å². The largest absolute Gasteiger partial charge is 0.496 e. The zero-order chi connectivity index (χ0) is 14.7. The fourth-order valence-corrected chi connectivity index (χ4v) is 2.97. The van der Waals surface area contributed by atoms with E-state index in [1.54, 1.807) is 7.11 Å². The summed E-state index contributed by atoms with van der Waals surface area (Å²) in [6, 6.07) is 12.2. The average molecular weight is 399 g/mol. The topological polar surface area (TPSA) is 35.2 Å². The van der Waals surface area contributed by atoms with Crippen molar-refractivity contribution in [2.75, 3.05) is 7.11 Å². The van der Waals surface area contributed by atoms with Gasteiger partial charge < -0.3 is 10.5 Å². The monoisotopic (exact) mass is 397 g/mol. The van der Waals surface area contributed by atoms with E-state index in [1.807, 2.05) is 25.1 Å². The van der Waals surface area contributed by atoms with Crippen LogP contribution in [0, 0.1) is 6.92 Å². The standard InChI is InChI=1S/C16H17Br2NO/c1-10-6-16(20-2)13(9-14(10)18)15(19)8-11-4-3-5-12(17)7-11/h3-7,9,15H,8,19H2,1-2H3. The number of ether oxygens (including phenoxy) is 1. The van der Waals surface area contributed by atoms with Gasteiger partial charge in [0.2, 0.25) is 0 Å². The smallest absolute Gasteiger partial charge is 0.123 e. The lowest BCUT2D eigenvalue weighted by atomic mass is 9.98. The molecule has 0 saturated carbocycles. The molecule has 20 heavy (non-hydrogen) atoms. The average Bonchev–Trinajstić information content (AvgIpc) is 2.41. The lowest BCUT2D eigenvalue weighted by molar-refractivity contribution is 0.405. The Morgan fingerprint density at radius 2 is 1.95 bits per heavy atom. The van der Waals surface area contributed by atoms with E-state index in [-0.39, 0.29) is 6.04 Å². The number of methoxy groups -OCH3 is 1. The molecule has 1 unspecified atom stereocenters. The summed E-state index contributed by atoms with van der Waals surface area (Å²) < 4.78 is 7.58. The molecule has 0 aliphatic heterocycles. The molecule has 0 fully saturated rings. The van der Waals surface area contributed by atoms with Crippen LogP contribution in [0.4, 0.5) is 0 Å². The second kappa shape index (κ2) is 6.74. The van der Waals surface area contributed by atoms with Gasteiger partial charge in [0.05, 0.1) is 7.11 Å². The Hall–Kier alpha value is -0.840. The van der Waals surface area contributed by atoms with Crippen LogP contribution in [-0.2, 0) is 6.42 Å². The summed E-state index contributed by atoms with van der Waals surface area (Å²) in [5.74, 6) is 0.841. The summed E-state index contributed by atoms with van der Waals surface area (Å²) in [5, 5.41) is 0. The number of aryl methyl sites for hydroxylation is 1. The molecular formula is C16H17Br2NO. The molecule has 0 aliphatic carbocycles. The van der Waals surface area contributed by atoms with Gasteiger partial charge in [-0.05, 0) is 48.7 Å². The Labute approximate surface area is 136 Å². The lowest BCUT2D eigenvalue weighted by Crippen LogP contribution is -2.14. The fourth-order valence-electron chi connectivity index (χ4n) is 2.16.